The molecule has 1 aliphatic carbocycles. The van der Waals surface area contributed by atoms with Gasteiger partial charge in [-0.15, -0.1) is 5.10 Å². The zero-order valence-corrected chi connectivity index (χ0v) is 24.8. The van der Waals surface area contributed by atoms with Crippen molar-refractivity contribution in [3.8, 4) is 11.3 Å². The summed E-state index contributed by atoms with van der Waals surface area (Å²) in [5, 5.41) is 11.3. The van der Waals surface area contributed by atoms with E-state index in [9.17, 15) is 18.4 Å². The number of carbonyl (C=O) groups is 2. The molecule has 12 heteroatoms. The maximum absolute atomic E-state index is 14.2. The minimum Gasteiger partial charge on any atom is -0.396 e. The van der Waals surface area contributed by atoms with Gasteiger partial charge in [0.05, 0.1) is 28.9 Å². The maximum atomic E-state index is 14.2. The molecule has 0 spiro atoms. The highest BCUT2D eigenvalue weighted by atomic mass is 79.9. The fourth-order valence-corrected chi connectivity index (χ4v) is 5.98. The van der Waals surface area contributed by atoms with Crippen molar-refractivity contribution < 1.29 is 18.4 Å². The van der Waals surface area contributed by atoms with Crippen LogP contribution < -0.4 is 11.1 Å². The first-order valence-corrected chi connectivity index (χ1v) is 14.6. The van der Waals surface area contributed by atoms with Crippen LogP contribution in [0.25, 0.3) is 11.3 Å². The van der Waals surface area contributed by atoms with Gasteiger partial charge in [0, 0.05) is 43.3 Å². The minimum absolute atomic E-state index is 0.0408. The molecule has 1 aromatic heterocycles. The summed E-state index contributed by atoms with van der Waals surface area (Å²) in [4.78, 5) is 29.9. The molecule has 0 atom stereocenters. The molecule has 2 amide bonds. The first-order chi connectivity index (χ1) is 19.6. The molecule has 0 unspecified atom stereocenters. The normalized spacial score (nSPS) is 19.8. The van der Waals surface area contributed by atoms with Crippen molar-refractivity contribution in [3.63, 3.8) is 0 Å². The number of rotatable bonds is 6. The lowest BCUT2D eigenvalue weighted by atomic mass is 9.85. The topological polar surface area (TPSA) is 109 Å². The van der Waals surface area contributed by atoms with E-state index in [0.717, 1.165) is 48.6 Å². The summed E-state index contributed by atoms with van der Waals surface area (Å²) in [7, 11) is 0. The Morgan fingerprint density at radius 2 is 1.80 bits per heavy atom. The lowest BCUT2D eigenvalue weighted by Crippen LogP contribution is -2.52. The van der Waals surface area contributed by atoms with E-state index in [1.807, 2.05) is 36.9 Å². The second-order valence-electron chi connectivity index (χ2n) is 10.9. The second-order valence-corrected chi connectivity index (χ2v) is 11.7. The summed E-state index contributed by atoms with van der Waals surface area (Å²) in [6.45, 7) is 6.83. The number of nitrogens with one attached hydrogen (secondary N) is 1. The van der Waals surface area contributed by atoms with E-state index >= 15 is 0 Å². The largest absolute Gasteiger partial charge is 0.396 e. The summed E-state index contributed by atoms with van der Waals surface area (Å²) in [5.41, 5.74) is 9.15. The minimum atomic E-state index is -0.866. The Morgan fingerprint density at radius 3 is 2.51 bits per heavy atom. The van der Waals surface area contributed by atoms with Crippen LogP contribution in [0.3, 0.4) is 0 Å². The van der Waals surface area contributed by atoms with Gasteiger partial charge in [-0.25, -0.2) is 13.5 Å². The van der Waals surface area contributed by atoms with Crippen molar-refractivity contribution in [2.45, 2.75) is 45.6 Å². The van der Waals surface area contributed by atoms with Crippen molar-refractivity contribution in [1.82, 2.24) is 24.8 Å². The van der Waals surface area contributed by atoms with Crippen molar-refractivity contribution >= 4 is 39.1 Å². The van der Waals surface area contributed by atoms with E-state index in [2.05, 4.69) is 36.5 Å². The predicted molar refractivity (Wildman–Crippen MR) is 156 cm³/mol. The molecule has 3 N–H and O–H groups in total. The number of halogens is 3. The Balaban J connectivity index is 1.10. The number of piperazine rings is 1. The zero-order valence-electron chi connectivity index (χ0n) is 23.2. The summed E-state index contributed by atoms with van der Waals surface area (Å²) in [5.74, 6) is -1.57. The van der Waals surface area contributed by atoms with Crippen LogP contribution in [-0.4, -0.2) is 69.3 Å². The van der Waals surface area contributed by atoms with Gasteiger partial charge in [-0.2, -0.15) is 0 Å². The van der Waals surface area contributed by atoms with Crippen LogP contribution in [0.5, 0.6) is 0 Å². The van der Waals surface area contributed by atoms with E-state index in [0.29, 0.717) is 38.4 Å². The van der Waals surface area contributed by atoms with Crippen molar-refractivity contribution in [2.75, 3.05) is 43.8 Å². The van der Waals surface area contributed by atoms with Gasteiger partial charge in [0.1, 0.15) is 11.5 Å². The van der Waals surface area contributed by atoms with E-state index in [4.69, 9.17) is 5.73 Å². The molecule has 218 valence electrons. The maximum Gasteiger partial charge on any atom is 0.238 e. The molecule has 1 saturated heterocycles. The van der Waals surface area contributed by atoms with Gasteiger partial charge in [-0.05, 0) is 78.7 Å². The molecule has 41 heavy (non-hydrogen) atoms. The number of hydrogen-bond acceptors (Lipinski definition) is 6. The SMILES string of the molecule is Cc1cccc(NC(=O)CN2CCN(C(=O)C3CCC(n4cc(-c5cc(F)c(Br)c(F)c5N)nn4)CC3)CC2)c1C. The molecule has 2 aliphatic rings. The number of aromatic nitrogens is 3. The number of nitrogen functional groups attached to an aromatic ring is 1. The van der Waals surface area contributed by atoms with E-state index < -0.39 is 11.6 Å². The number of hydrogen-bond donors (Lipinski definition) is 2. The number of anilines is 2. The average molecular weight is 631 g/mol. The lowest BCUT2D eigenvalue weighted by molar-refractivity contribution is -0.138. The third kappa shape index (κ3) is 6.28. The molecule has 2 heterocycles. The Hall–Kier alpha value is -3.38. The zero-order chi connectivity index (χ0) is 29.3. The molecule has 2 fully saturated rings. The van der Waals surface area contributed by atoms with Crippen LogP contribution >= 0.6 is 15.9 Å². The molecular weight excluding hydrogens is 596 g/mol. The van der Waals surface area contributed by atoms with Gasteiger partial charge in [-0.3, -0.25) is 14.5 Å². The molecular formula is C29H34BrF2N7O2. The van der Waals surface area contributed by atoms with Crippen LogP contribution in [0, 0.1) is 31.4 Å². The summed E-state index contributed by atoms with van der Waals surface area (Å²) < 4.78 is 29.7. The van der Waals surface area contributed by atoms with Crippen LogP contribution in [0.1, 0.15) is 42.9 Å². The third-order valence-corrected chi connectivity index (χ3v) is 9.06. The van der Waals surface area contributed by atoms with Gasteiger partial charge in [0.25, 0.3) is 0 Å². The summed E-state index contributed by atoms with van der Waals surface area (Å²) in [6, 6.07) is 7.05. The number of amides is 2. The fraction of sp³-hybridized carbons (Fsp3) is 0.448. The van der Waals surface area contributed by atoms with Gasteiger partial charge in [-0.1, -0.05) is 17.3 Å². The Bertz CT molecular complexity index is 1450. The average Bonchev–Trinajstić information content (AvgIpc) is 3.46. The molecule has 0 bridgehead atoms. The van der Waals surface area contributed by atoms with Gasteiger partial charge >= 0.3 is 0 Å². The monoisotopic (exact) mass is 629 g/mol. The highest BCUT2D eigenvalue weighted by Gasteiger charge is 2.32. The quantitative estimate of drug-likeness (QED) is 0.302. The van der Waals surface area contributed by atoms with Crippen LogP contribution in [0.2, 0.25) is 0 Å². The lowest BCUT2D eigenvalue weighted by Gasteiger charge is -2.37. The standard InChI is InChI=1S/C29H34BrF2N7O2/c1-17-4-3-5-23(18(17)2)34-25(40)16-37-10-12-38(13-11-37)29(41)19-6-8-20(9-7-19)39-15-24(35-36-39)21-14-22(31)26(30)27(32)28(21)33/h3-5,14-15,19-20H,6-13,16,33H2,1-2H3,(H,34,40). The fourth-order valence-electron chi connectivity index (χ4n) is 5.65. The molecule has 3 aromatic rings. The Labute approximate surface area is 246 Å². The Kier molecular flexibility index (Phi) is 8.69. The van der Waals surface area contributed by atoms with Crippen molar-refractivity contribution in [3.05, 3.63) is 57.7 Å². The summed E-state index contributed by atoms with van der Waals surface area (Å²) in [6.07, 6.45) is 4.59. The van der Waals surface area contributed by atoms with Crippen LogP contribution in [0.4, 0.5) is 20.2 Å². The van der Waals surface area contributed by atoms with Gasteiger partial charge in [0.2, 0.25) is 11.8 Å². The number of benzene rings is 2. The first kappa shape index (κ1) is 29.1. The number of nitrogens with zero attached hydrogens (tertiary/aromatic N) is 5. The predicted octanol–water partition coefficient (Wildman–Crippen LogP) is 4.70. The number of nitrogens with two attached hydrogens (primary N) is 1. The van der Waals surface area contributed by atoms with Gasteiger partial charge < -0.3 is 16.0 Å². The first-order valence-electron chi connectivity index (χ1n) is 13.8. The highest BCUT2D eigenvalue weighted by molar-refractivity contribution is 9.10. The van der Waals surface area contributed by atoms with Crippen molar-refractivity contribution in [1.29, 1.82) is 0 Å². The Morgan fingerprint density at radius 1 is 1.10 bits per heavy atom. The van der Waals surface area contributed by atoms with Crippen LogP contribution in [-0.2, 0) is 9.59 Å². The molecule has 5 rings (SSSR count). The smallest absolute Gasteiger partial charge is 0.238 e. The second kappa shape index (κ2) is 12.2. The molecule has 0 radical (unpaired) electrons. The molecule has 9 nitrogen and oxygen atoms in total. The third-order valence-electron chi connectivity index (χ3n) is 8.34. The van der Waals surface area contributed by atoms with E-state index in [1.165, 1.54) is 0 Å². The molecule has 2 aromatic carbocycles. The number of carbonyl (C=O) groups excluding carboxylic acids is 2. The molecule has 1 saturated carbocycles. The summed E-state index contributed by atoms with van der Waals surface area (Å²) >= 11 is 2.86. The van der Waals surface area contributed by atoms with Gasteiger partial charge in [0.15, 0.2) is 5.82 Å². The van der Waals surface area contributed by atoms with E-state index in [-0.39, 0.29) is 39.5 Å². The van der Waals surface area contributed by atoms with Crippen LogP contribution in [0.15, 0.2) is 34.9 Å². The van der Waals surface area contributed by atoms with E-state index in [1.54, 1.807) is 10.9 Å². The molecule has 1 aliphatic heterocycles. The number of aryl methyl sites for hydroxylation is 1. The van der Waals surface area contributed by atoms with Crippen molar-refractivity contribution in [2.24, 2.45) is 5.92 Å². The highest BCUT2D eigenvalue weighted by Crippen LogP contribution is 2.36.